The molecule has 4 nitrogen and oxygen atoms in total. The Morgan fingerprint density at radius 1 is 1.26 bits per heavy atom. The van der Waals surface area contributed by atoms with Crippen molar-refractivity contribution in [2.24, 2.45) is 0 Å². The van der Waals surface area contributed by atoms with Crippen LogP contribution < -0.4 is 5.32 Å². The summed E-state index contributed by atoms with van der Waals surface area (Å²) in [7, 11) is 0. The minimum absolute atomic E-state index is 0.0424. The Labute approximate surface area is 118 Å². The number of urea groups is 1. The SMILES string of the molecule is CSc1ccc(NC(=O)N(O)C2CCCCC2)cc1. The number of hydrogen-bond donors (Lipinski definition) is 2. The van der Waals surface area contributed by atoms with Crippen molar-refractivity contribution in [3.05, 3.63) is 24.3 Å². The lowest BCUT2D eigenvalue weighted by Crippen LogP contribution is -2.41. The van der Waals surface area contributed by atoms with Crippen molar-refractivity contribution in [3.8, 4) is 0 Å². The van der Waals surface area contributed by atoms with Gasteiger partial charge in [-0.15, -0.1) is 11.8 Å². The molecule has 0 saturated heterocycles. The van der Waals surface area contributed by atoms with Gasteiger partial charge in [0.25, 0.3) is 0 Å². The first-order valence-corrected chi connectivity index (χ1v) is 7.86. The number of benzene rings is 1. The molecule has 1 saturated carbocycles. The van der Waals surface area contributed by atoms with Crippen LogP contribution in [0, 0.1) is 0 Å². The molecule has 1 fully saturated rings. The lowest BCUT2D eigenvalue weighted by atomic mass is 9.95. The molecular weight excluding hydrogens is 260 g/mol. The number of carbonyl (C=O) groups is 1. The van der Waals surface area contributed by atoms with Gasteiger partial charge in [-0.2, -0.15) is 0 Å². The highest BCUT2D eigenvalue weighted by Gasteiger charge is 2.24. The molecule has 0 spiro atoms. The second kappa shape index (κ2) is 6.82. The molecule has 19 heavy (non-hydrogen) atoms. The lowest BCUT2D eigenvalue weighted by molar-refractivity contribution is -0.0820. The highest BCUT2D eigenvalue weighted by Crippen LogP contribution is 2.22. The smallest absolute Gasteiger partial charge is 0.306 e. The summed E-state index contributed by atoms with van der Waals surface area (Å²) < 4.78 is 0. The van der Waals surface area contributed by atoms with E-state index in [9.17, 15) is 10.0 Å². The van der Waals surface area contributed by atoms with Gasteiger partial charge in [0.05, 0.1) is 6.04 Å². The quantitative estimate of drug-likeness (QED) is 0.500. The minimum atomic E-state index is -0.441. The zero-order valence-electron chi connectivity index (χ0n) is 11.1. The van der Waals surface area contributed by atoms with Crippen LogP contribution in [0.4, 0.5) is 10.5 Å². The van der Waals surface area contributed by atoms with Crippen molar-refractivity contribution < 1.29 is 10.0 Å². The largest absolute Gasteiger partial charge is 0.345 e. The van der Waals surface area contributed by atoms with Crippen molar-refractivity contribution in [1.29, 1.82) is 0 Å². The number of hydroxylamine groups is 2. The van der Waals surface area contributed by atoms with Gasteiger partial charge in [0, 0.05) is 10.6 Å². The molecule has 2 N–H and O–H groups in total. The fourth-order valence-electron chi connectivity index (χ4n) is 2.35. The summed E-state index contributed by atoms with van der Waals surface area (Å²) >= 11 is 1.65. The van der Waals surface area contributed by atoms with Crippen LogP contribution in [-0.2, 0) is 0 Å². The molecule has 2 amide bonds. The molecule has 0 heterocycles. The Kier molecular flexibility index (Phi) is 5.10. The molecule has 104 valence electrons. The maximum atomic E-state index is 11.9. The fourth-order valence-corrected chi connectivity index (χ4v) is 2.75. The van der Waals surface area contributed by atoms with Gasteiger partial charge < -0.3 is 5.32 Å². The average molecular weight is 280 g/mol. The molecule has 2 rings (SSSR count). The van der Waals surface area contributed by atoms with Crippen molar-refractivity contribution in [2.75, 3.05) is 11.6 Å². The number of anilines is 1. The lowest BCUT2D eigenvalue weighted by Gasteiger charge is -2.29. The van der Waals surface area contributed by atoms with Crippen molar-refractivity contribution in [3.63, 3.8) is 0 Å². The molecule has 0 aromatic heterocycles. The van der Waals surface area contributed by atoms with Crippen molar-refractivity contribution in [1.82, 2.24) is 5.06 Å². The van der Waals surface area contributed by atoms with Crippen molar-refractivity contribution in [2.45, 2.75) is 43.0 Å². The molecule has 0 bridgehead atoms. The average Bonchev–Trinajstić information content (AvgIpc) is 2.48. The van der Waals surface area contributed by atoms with Gasteiger partial charge in [-0.25, -0.2) is 9.86 Å². The number of thioether (sulfide) groups is 1. The minimum Gasteiger partial charge on any atom is -0.306 e. The first kappa shape index (κ1) is 14.2. The first-order valence-electron chi connectivity index (χ1n) is 6.64. The van der Waals surface area contributed by atoms with Crippen molar-refractivity contribution >= 4 is 23.5 Å². The summed E-state index contributed by atoms with van der Waals surface area (Å²) in [5, 5.41) is 13.5. The number of nitrogens with zero attached hydrogens (tertiary/aromatic N) is 1. The topological polar surface area (TPSA) is 52.6 Å². The predicted molar refractivity (Wildman–Crippen MR) is 77.7 cm³/mol. The first-order chi connectivity index (χ1) is 9.20. The van der Waals surface area contributed by atoms with Gasteiger partial charge in [-0.3, -0.25) is 5.21 Å². The normalized spacial score (nSPS) is 16.1. The molecule has 0 radical (unpaired) electrons. The van der Waals surface area contributed by atoms with E-state index in [4.69, 9.17) is 0 Å². The van der Waals surface area contributed by atoms with Crippen LogP contribution in [0.2, 0.25) is 0 Å². The number of rotatable bonds is 3. The number of hydrogen-bond acceptors (Lipinski definition) is 3. The third kappa shape index (κ3) is 3.88. The van der Waals surface area contributed by atoms with Crippen LogP contribution in [0.15, 0.2) is 29.2 Å². The Hall–Kier alpha value is -1.20. The molecule has 0 atom stereocenters. The van der Waals surface area contributed by atoms with Crippen LogP contribution in [0.5, 0.6) is 0 Å². The second-order valence-electron chi connectivity index (χ2n) is 4.80. The second-order valence-corrected chi connectivity index (χ2v) is 5.67. The molecule has 1 aliphatic carbocycles. The molecule has 0 aliphatic heterocycles. The summed E-state index contributed by atoms with van der Waals surface area (Å²) in [6.07, 6.45) is 7.13. The van der Waals surface area contributed by atoms with E-state index < -0.39 is 6.03 Å². The van der Waals surface area contributed by atoms with Crippen LogP contribution in [0.3, 0.4) is 0 Å². The molecule has 1 aromatic rings. The third-order valence-corrected chi connectivity index (χ3v) is 4.21. The van der Waals surface area contributed by atoms with E-state index in [0.717, 1.165) is 35.6 Å². The maximum absolute atomic E-state index is 11.9. The molecule has 5 heteroatoms. The van der Waals surface area contributed by atoms with Crippen LogP contribution in [0.25, 0.3) is 0 Å². The van der Waals surface area contributed by atoms with Gasteiger partial charge >= 0.3 is 6.03 Å². The third-order valence-electron chi connectivity index (χ3n) is 3.47. The summed E-state index contributed by atoms with van der Waals surface area (Å²) in [6, 6.07) is 7.10. The van der Waals surface area contributed by atoms with E-state index in [1.54, 1.807) is 11.8 Å². The zero-order valence-corrected chi connectivity index (χ0v) is 11.9. The Balaban J connectivity index is 1.91. The van der Waals surface area contributed by atoms with Gasteiger partial charge in [-0.1, -0.05) is 19.3 Å². The van der Waals surface area contributed by atoms with Crippen LogP contribution >= 0.6 is 11.8 Å². The summed E-state index contributed by atoms with van der Waals surface area (Å²) in [5.74, 6) is 0. The van der Waals surface area contributed by atoms with E-state index in [0.29, 0.717) is 5.69 Å². The molecule has 1 aromatic carbocycles. The van der Waals surface area contributed by atoms with E-state index in [1.165, 1.54) is 6.42 Å². The summed E-state index contributed by atoms with van der Waals surface area (Å²) in [4.78, 5) is 13.1. The van der Waals surface area contributed by atoms with E-state index in [-0.39, 0.29) is 6.04 Å². The maximum Gasteiger partial charge on any atom is 0.345 e. The number of amides is 2. The number of carbonyl (C=O) groups excluding carboxylic acids is 1. The van der Waals surface area contributed by atoms with E-state index in [2.05, 4.69) is 5.32 Å². The molecule has 1 aliphatic rings. The Bertz CT molecular complexity index is 416. The number of nitrogens with one attached hydrogen (secondary N) is 1. The van der Waals surface area contributed by atoms with Crippen LogP contribution in [-0.4, -0.2) is 28.6 Å². The van der Waals surface area contributed by atoms with Gasteiger partial charge in [0.2, 0.25) is 0 Å². The fraction of sp³-hybridized carbons (Fsp3) is 0.500. The Morgan fingerprint density at radius 2 is 1.89 bits per heavy atom. The van der Waals surface area contributed by atoms with E-state index >= 15 is 0 Å². The highest BCUT2D eigenvalue weighted by atomic mass is 32.2. The zero-order chi connectivity index (χ0) is 13.7. The van der Waals surface area contributed by atoms with Gasteiger partial charge in [-0.05, 0) is 43.4 Å². The standard InChI is InChI=1S/C14H20N2O2S/c1-19-13-9-7-11(8-10-13)15-14(17)16(18)12-5-3-2-4-6-12/h7-10,12,18H,2-6H2,1H3,(H,15,17). The van der Waals surface area contributed by atoms with E-state index in [1.807, 2.05) is 30.5 Å². The highest BCUT2D eigenvalue weighted by molar-refractivity contribution is 7.98. The monoisotopic (exact) mass is 280 g/mol. The predicted octanol–water partition coefficient (Wildman–Crippen LogP) is 3.96. The van der Waals surface area contributed by atoms with Crippen LogP contribution in [0.1, 0.15) is 32.1 Å². The summed E-state index contributed by atoms with van der Waals surface area (Å²) in [5.41, 5.74) is 0.706. The Morgan fingerprint density at radius 3 is 2.47 bits per heavy atom. The molecule has 0 unspecified atom stereocenters. The molecular formula is C14H20N2O2S. The van der Waals surface area contributed by atoms with Gasteiger partial charge in [0.15, 0.2) is 0 Å². The van der Waals surface area contributed by atoms with Gasteiger partial charge in [0.1, 0.15) is 0 Å². The summed E-state index contributed by atoms with van der Waals surface area (Å²) in [6.45, 7) is 0.